The minimum atomic E-state index is -1.19. The second-order valence-electron chi connectivity index (χ2n) is 5.88. The number of hydrogen-bond donors (Lipinski definition) is 3. The first-order valence-corrected chi connectivity index (χ1v) is 8.29. The number of carboxylic acid groups (broad SMARTS) is 1. The Balaban J connectivity index is 2.10. The average Bonchev–Trinajstić information content (AvgIpc) is 2.49. The highest BCUT2D eigenvalue weighted by Gasteiger charge is 2.49. The Kier molecular flexibility index (Phi) is 4.20. The highest BCUT2D eigenvalue weighted by atomic mass is 32.2. The third-order valence-electron chi connectivity index (χ3n) is 4.27. The van der Waals surface area contributed by atoms with Gasteiger partial charge >= 0.3 is 6.09 Å². The third kappa shape index (κ3) is 3.00. The molecule has 0 radical (unpaired) electrons. The zero-order chi connectivity index (χ0) is 16.6. The number of thioether (sulfide) groups is 1. The predicted octanol–water partition coefficient (Wildman–Crippen LogP) is 2.40. The number of benzene rings is 1. The quantitative estimate of drug-likeness (QED) is 0.683. The maximum Gasteiger partial charge on any atom is 0.410 e. The molecule has 2 aliphatic heterocycles. The van der Waals surface area contributed by atoms with Gasteiger partial charge in [0.1, 0.15) is 11.4 Å². The van der Waals surface area contributed by atoms with Crippen LogP contribution in [-0.4, -0.2) is 34.8 Å². The number of nitrogens with two attached hydrogens (primary N) is 1. The fourth-order valence-corrected chi connectivity index (χ4v) is 4.32. The Bertz CT molecular complexity index is 669. The first-order chi connectivity index (χ1) is 10.9. The van der Waals surface area contributed by atoms with Gasteiger partial charge < -0.3 is 15.6 Å². The Morgan fingerprint density at radius 3 is 3.13 bits per heavy atom. The van der Waals surface area contributed by atoms with Crippen molar-refractivity contribution >= 4 is 28.7 Å². The Morgan fingerprint density at radius 2 is 2.39 bits per heavy atom. The number of nitrogens with zero attached hydrogens (tertiary/aromatic N) is 1. The van der Waals surface area contributed by atoms with Gasteiger partial charge in [-0.15, -0.1) is 0 Å². The van der Waals surface area contributed by atoms with Crippen LogP contribution in [0.4, 0.5) is 14.9 Å². The molecule has 1 fully saturated rings. The number of nitrogen functional groups attached to an aromatic ring is 1. The van der Waals surface area contributed by atoms with E-state index < -0.39 is 17.4 Å². The first-order valence-electron chi connectivity index (χ1n) is 7.30. The number of amidine groups is 1. The zero-order valence-corrected chi connectivity index (χ0v) is 13.4. The molecule has 124 valence electrons. The van der Waals surface area contributed by atoms with Crippen molar-refractivity contribution < 1.29 is 19.0 Å². The number of fused-ring (bicyclic) bond motifs is 1. The molecule has 6 nitrogen and oxygen atoms in total. The molecule has 23 heavy (non-hydrogen) atoms. The van der Waals surface area contributed by atoms with Crippen LogP contribution in [-0.2, 0) is 10.3 Å². The number of nitrogens with one attached hydrogen (secondary N) is 1. The molecule has 1 aromatic carbocycles. The van der Waals surface area contributed by atoms with Gasteiger partial charge in [0.2, 0.25) is 0 Å². The molecule has 4 N–H and O–H groups in total. The van der Waals surface area contributed by atoms with Crippen LogP contribution in [0, 0.1) is 11.7 Å². The molecule has 3 rings (SSSR count). The summed E-state index contributed by atoms with van der Waals surface area (Å²) in [5.41, 5.74) is 5.67. The molecule has 0 saturated carbocycles. The van der Waals surface area contributed by atoms with E-state index in [1.165, 1.54) is 23.9 Å². The lowest BCUT2D eigenvalue weighted by Crippen LogP contribution is -2.50. The lowest BCUT2D eigenvalue weighted by molar-refractivity contribution is -0.0477. The minimum Gasteiger partial charge on any atom is -0.465 e. The van der Waals surface area contributed by atoms with Crippen molar-refractivity contribution in [2.45, 2.75) is 25.0 Å². The largest absolute Gasteiger partial charge is 0.465 e. The second kappa shape index (κ2) is 6.01. The summed E-state index contributed by atoms with van der Waals surface area (Å²) < 4.78 is 20.2. The minimum absolute atomic E-state index is 0.0481. The van der Waals surface area contributed by atoms with E-state index in [-0.39, 0.29) is 23.8 Å². The summed E-state index contributed by atoms with van der Waals surface area (Å²) in [6.07, 6.45) is -0.407. The maximum absolute atomic E-state index is 14.5. The molecule has 0 aliphatic carbocycles. The average molecular weight is 339 g/mol. The van der Waals surface area contributed by atoms with Crippen LogP contribution in [0.2, 0.25) is 0 Å². The maximum atomic E-state index is 14.5. The molecule has 8 heteroatoms. The van der Waals surface area contributed by atoms with Crippen LogP contribution in [0.5, 0.6) is 0 Å². The standard InChI is InChI=1S/C15H18FN3O3S/c1-8-4-9-6-23-13(18-14(20)21)19-15(9,7-22-8)11-5-10(17)2-3-12(11)16/h2-3,5,8-9H,4,6-7,17H2,1H3,(H,18,19)(H,20,21)/t8-,9-,15-/m0/s1. The van der Waals surface area contributed by atoms with Gasteiger partial charge in [-0.2, -0.15) is 0 Å². The van der Waals surface area contributed by atoms with Crippen molar-refractivity contribution in [3.63, 3.8) is 0 Å². The van der Waals surface area contributed by atoms with Crippen LogP contribution in [0.1, 0.15) is 18.9 Å². The van der Waals surface area contributed by atoms with E-state index in [0.29, 0.717) is 17.0 Å². The zero-order valence-electron chi connectivity index (χ0n) is 12.6. The Labute approximate surface area is 137 Å². The molecule has 0 unspecified atom stereocenters. The summed E-state index contributed by atoms with van der Waals surface area (Å²) in [6, 6.07) is 4.38. The summed E-state index contributed by atoms with van der Waals surface area (Å²) in [5.74, 6) is 0.278. The van der Waals surface area contributed by atoms with Crippen molar-refractivity contribution in [1.82, 2.24) is 5.32 Å². The van der Waals surface area contributed by atoms with Gasteiger partial charge in [0.25, 0.3) is 0 Å². The van der Waals surface area contributed by atoms with Crippen LogP contribution < -0.4 is 11.1 Å². The molecule has 1 amide bonds. The smallest absolute Gasteiger partial charge is 0.410 e. The molecule has 2 aliphatic rings. The highest BCUT2D eigenvalue weighted by Crippen LogP contribution is 2.47. The molecule has 3 atom stereocenters. The monoisotopic (exact) mass is 339 g/mol. The number of rotatable bonds is 1. The van der Waals surface area contributed by atoms with Crippen molar-refractivity contribution in [3.8, 4) is 0 Å². The predicted molar refractivity (Wildman–Crippen MR) is 87.1 cm³/mol. The lowest BCUT2D eigenvalue weighted by atomic mass is 9.75. The number of halogens is 1. The molecule has 0 spiro atoms. The normalized spacial score (nSPS) is 30.3. The summed E-state index contributed by atoms with van der Waals surface area (Å²) >= 11 is 1.33. The van der Waals surface area contributed by atoms with Gasteiger partial charge in [0.05, 0.1) is 12.7 Å². The molecule has 0 aromatic heterocycles. The fourth-order valence-electron chi connectivity index (χ4n) is 3.16. The third-order valence-corrected chi connectivity index (χ3v) is 5.31. The van der Waals surface area contributed by atoms with Gasteiger partial charge in [-0.3, -0.25) is 5.32 Å². The molecule has 1 saturated heterocycles. The molecule has 2 heterocycles. The SMILES string of the molecule is C[C@H]1C[C@H]2CSC(NC(=O)O)=N[C@@]2(c2cc(N)ccc2F)CO1. The van der Waals surface area contributed by atoms with Gasteiger partial charge in [0.15, 0.2) is 5.17 Å². The van der Waals surface area contributed by atoms with Crippen molar-refractivity contribution in [3.05, 3.63) is 29.6 Å². The van der Waals surface area contributed by atoms with E-state index in [2.05, 4.69) is 10.3 Å². The number of amides is 1. The summed E-state index contributed by atoms with van der Waals surface area (Å²) in [7, 11) is 0. The van der Waals surface area contributed by atoms with Gasteiger partial charge in [-0.25, -0.2) is 14.2 Å². The van der Waals surface area contributed by atoms with Crippen LogP contribution in [0.15, 0.2) is 23.2 Å². The van der Waals surface area contributed by atoms with E-state index in [1.807, 2.05) is 6.92 Å². The fraction of sp³-hybridized carbons (Fsp3) is 0.467. The second-order valence-corrected chi connectivity index (χ2v) is 6.88. The number of hydrogen-bond acceptors (Lipinski definition) is 5. The molecule has 0 bridgehead atoms. The van der Waals surface area contributed by atoms with E-state index in [1.54, 1.807) is 6.07 Å². The summed E-state index contributed by atoms with van der Waals surface area (Å²) in [6.45, 7) is 2.17. The van der Waals surface area contributed by atoms with E-state index in [9.17, 15) is 9.18 Å². The molecule has 1 aromatic rings. The number of anilines is 1. The van der Waals surface area contributed by atoms with E-state index in [0.717, 1.165) is 6.42 Å². The van der Waals surface area contributed by atoms with Crippen LogP contribution in [0.3, 0.4) is 0 Å². The van der Waals surface area contributed by atoms with Crippen molar-refractivity contribution in [2.24, 2.45) is 10.9 Å². The Hall–Kier alpha value is -1.80. The van der Waals surface area contributed by atoms with Gasteiger partial charge in [0, 0.05) is 22.9 Å². The number of ether oxygens (including phenoxy) is 1. The van der Waals surface area contributed by atoms with Crippen molar-refractivity contribution in [1.29, 1.82) is 0 Å². The van der Waals surface area contributed by atoms with Gasteiger partial charge in [-0.1, -0.05) is 11.8 Å². The van der Waals surface area contributed by atoms with Crippen LogP contribution in [0.25, 0.3) is 0 Å². The van der Waals surface area contributed by atoms with Gasteiger partial charge in [-0.05, 0) is 31.5 Å². The van der Waals surface area contributed by atoms with Crippen molar-refractivity contribution in [2.75, 3.05) is 18.1 Å². The van der Waals surface area contributed by atoms with E-state index >= 15 is 0 Å². The molecular weight excluding hydrogens is 321 g/mol. The first kappa shape index (κ1) is 16.1. The van der Waals surface area contributed by atoms with Crippen LogP contribution >= 0.6 is 11.8 Å². The lowest BCUT2D eigenvalue weighted by Gasteiger charge is -2.46. The Morgan fingerprint density at radius 1 is 1.61 bits per heavy atom. The summed E-state index contributed by atoms with van der Waals surface area (Å²) in [5, 5.41) is 11.5. The topological polar surface area (TPSA) is 96.9 Å². The molecular formula is C15H18FN3O3S. The van der Waals surface area contributed by atoms with E-state index in [4.69, 9.17) is 15.6 Å². The highest BCUT2D eigenvalue weighted by molar-refractivity contribution is 8.13. The number of carbonyl (C=O) groups is 1. The number of aliphatic imine (C=N–C) groups is 1. The summed E-state index contributed by atoms with van der Waals surface area (Å²) in [4.78, 5) is 15.5.